The first-order chi connectivity index (χ1) is 9.93. The van der Waals surface area contributed by atoms with Gasteiger partial charge < -0.3 is 4.74 Å². The average molecular weight is 285 g/mol. The van der Waals surface area contributed by atoms with Gasteiger partial charge in [0.1, 0.15) is 5.75 Å². The zero-order chi connectivity index (χ0) is 15.6. The first-order valence-electron chi connectivity index (χ1n) is 7.16. The number of hydrogen-bond acceptors (Lipinski definition) is 4. The van der Waals surface area contributed by atoms with Gasteiger partial charge in [0, 0.05) is 5.92 Å². The number of Topliss-reactive ketones (excluding diaryl/α,β-unsaturated/α-hetero) is 2. The molecule has 0 aromatic heterocycles. The summed E-state index contributed by atoms with van der Waals surface area (Å²) in [6, 6.07) is 5.54. The van der Waals surface area contributed by atoms with Gasteiger partial charge in [0.25, 0.3) is 0 Å². The lowest BCUT2D eigenvalue weighted by Crippen LogP contribution is -2.40. The minimum absolute atomic E-state index is 0.0422. The summed E-state index contributed by atoms with van der Waals surface area (Å²) in [7, 11) is 0. The van der Waals surface area contributed by atoms with Gasteiger partial charge in [-0.1, -0.05) is 6.42 Å². The molecule has 1 fully saturated rings. The summed E-state index contributed by atoms with van der Waals surface area (Å²) >= 11 is 0. The zero-order valence-electron chi connectivity index (χ0n) is 12.6. The van der Waals surface area contributed by atoms with Crippen LogP contribution in [0.5, 0.6) is 5.75 Å². The number of ether oxygens (including phenoxy) is 1. The summed E-state index contributed by atoms with van der Waals surface area (Å²) in [6.07, 6.45) is 1.70. The fourth-order valence-corrected chi connectivity index (χ4v) is 2.55. The molecule has 0 radical (unpaired) electrons. The molecule has 2 rings (SSSR count). The second-order valence-corrected chi connectivity index (χ2v) is 5.68. The van der Waals surface area contributed by atoms with E-state index in [1.807, 2.05) is 13.8 Å². The van der Waals surface area contributed by atoms with E-state index >= 15 is 0 Å². The Kier molecular flexibility index (Phi) is 4.42. The molecular weight excluding hydrogens is 266 g/mol. The average Bonchev–Trinajstić information content (AvgIpc) is 2.33. The van der Waals surface area contributed by atoms with E-state index in [4.69, 9.17) is 10.00 Å². The molecule has 0 N–H and O–H groups in total. The summed E-state index contributed by atoms with van der Waals surface area (Å²) in [5.74, 6) is 0.0383. The predicted molar refractivity (Wildman–Crippen MR) is 78.1 cm³/mol. The van der Waals surface area contributed by atoms with Crippen molar-refractivity contribution in [2.75, 3.05) is 0 Å². The number of nitriles is 1. The first-order valence-corrected chi connectivity index (χ1v) is 7.16. The van der Waals surface area contributed by atoms with Crippen LogP contribution < -0.4 is 4.74 Å². The van der Waals surface area contributed by atoms with Crippen LogP contribution in [0.1, 0.15) is 42.9 Å². The maximum absolute atomic E-state index is 12.3. The smallest absolute Gasteiger partial charge is 0.214 e. The highest BCUT2D eigenvalue weighted by molar-refractivity contribution is 6.05. The summed E-state index contributed by atoms with van der Waals surface area (Å²) in [6.45, 7) is 5.01. The van der Waals surface area contributed by atoms with E-state index < -0.39 is 6.10 Å². The molecule has 1 aliphatic carbocycles. The minimum atomic E-state index is -1.03. The number of carbonyl (C=O) groups excluding carboxylic acids is 2. The Balaban J connectivity index is 2.23. The minimum Gasteiger partial charge on any atom is -0.475 e. The first kappa shape index (κ1) is 15.2. The molecule has 0 heterocycles. The van der Waals surface area contributed by atoms with Crippen LogP contribution in [-0.2, 0) is 9.59 Å². The Morgan fingerprint density at radius 3 is 2.24 bits per heavy atom. The van der Waals surface area contributed by atoms with Crippen molar-refractivity contribution in [1.82, 2.24) is 0 Å². The quantitative estimate of drug-likeness (QED) is 0.780. The van der Waals surface area contributed by atoms with Gasteiger partial charge >= 0.3 is 0 Å². The van der Waals surface area contributed by atoms with Crippen molar-refractivity contribution in [1.29, 1.82) is 5.26 Å². The Hall–Kier alpha value is -2.15. The molecule has 0 spiro atoms. The fraction of sp³-hybridized carbons (Fsp3) is 0.471. The summed E-state index contributed by atoms with van der Waals surface area (Å²) in [5, 5.41) is 9.06. The Labute approximate surface area is 124 Å². The molecule has 4 heteroatoms. The van der Waals surface area contributed by atoms with Crippen molar-refractivity contribution in [3.63, 3.8) is 0 Å². The lowest BCUT2D eigenvalue weighted by Gasteiger charge is -2.27. The van der Waals surface area contributed by atoms with E-state index in [-0.39, 0.29) is 17.5 Å². The largest absolute Gasteiger partial charge is 0.475 e. The third-order valence-electron chi connectivity index (χ3n) is 4.01. The van der Waals surface area contributed by atoms with E-state index in [0.717, 1.165) is 30.4 Å². The van der Waals surface area contributed by atoms with Crippen LogP contribution in [0.25, 0.3) is 0 Å². The number of ketones is 2. The normalized spacial score (nSPS) is 15.7. The summed E-state index contributed by atoms with van der Waals surface area (Å²) < 4.78 is 5.65. The van der Waals surface area contributed by atoms with Crippen LogP contribution >= 0.6 is 0 Å². The molecule has 1 aromatic carbocycles. The number of aryl methyl sites for hydroxylation is 2. The molecule has 21 heavy (non-hydrogen) atoms. The number of nitrogens with zero attached hydrogens (tertiary/aromatic N) is 1. The Morgan fingerprint density at radius 1 is 1.29 bits per heavy atom. The number of hydrogen-bond donors (Lipinski definition) is 0. The molecule has 1 unspecified atom stereocenters. The van der Waals surface area contributed by atoms with Gasteiger partial charge in [-0.25, -0.2) is 0 Å². The van der Waals surface area contributed by atoms with Gasteiger partial charge in [0.2, 0.25) is 6.10 Å². The Morgan fingerprint density at radius 2 is 1.86 bits per heavy atom. The molecule has 1 aromatic rings. The molecule has 1 saturated carbocycles. The molecule has 0 saturated heterocycles. The summed E-state index contributed by atoms with van der Waals surface area (Å²) in [4.78, 5) is 24.0. The van der Waals surface area contributed by atoms with Crippen molar-refractivity contribution >= 4 is 11.6 Å². The lowest BCUT2D eigenvalue weighted by atomic mass is 9.80. The highest BCUT2D eigenvalue weighted by Crippen LogP contribution is 2.30. The van der Waals surface area contributed by atoms with Crippen LogP contribution in [-0.4, -0.2) is 17.7 Å². The molecule has 1 atom stereocenters. The number of benzene rings is 1. The molecule has 0 bridgehead atoms. The highest BCUT2D eigenvalue weighted by atomic mass is 16.5. The van der Waals surface area contributed by atoms with Crippen molar-refractivity contribution in [3.05, 3.63) is 28.8 Å². The van der Waals surface area contributed by atoms with Crippen molar-refractivity contribution in [3.8, 4) is 11.8 Å². The SMILES string of the molecule is CC(=O)C(Oc1cc(C)c(C#N)c(C)c1)C(=O)C1CCC1. The van der Waals surface area contributed by atoms with Gasteiger partial charge in [-0.15, -0.1) is 0 Å². The molecule has 1 aliphatic rings. The molecular formula is C17H19NO3. The lowest BCUT2D eigenvalue weighted by molar-refractivity contribution is -0.139. The van der Waals surface area contributed by atoms with E-state index in [1.165, 1.54) is 6.92 Å². The third-order valence-corrected chi connectivity index (χ3v) is 4.01. The van der Waals surface area contributed by atoms with Crippen molar-refractivity contribution in [2.45, 2.75) is 46.1 Å². The monoisotopic (exact) mass is 285 g/mol. The number of rotatable bonds is 5. The van der Waals surface area contributed by atoms with Crippen LogP contribution in [0.3, 0.4) is 0 Å². The van der Waals surface area contributed by atoms with Gasteiger partial charge in [0.05, 0.1) is 11.6 Å². The van der Waals surface area contributed by atoms with Crippen LogP contribution in [0.15, 0.2) is 12.1 Å². The van der Waals surface area contributed by atoms with Gasteiger partial charge in [-0.2, -0.15) is 5.26 Å². The predicted octanol–water partition coefficient (Wildman–Crippen LogP) is 2.88. The highest BCUT2D eigenvalue weighted by Gasteiger charge is 2.35. The molecule has 0 aliphatic heterocycles. The van der Waals surface area contributed by atoms with Gasteiger partial charge in [-0.3, -0.25) is 9.59 Å². The topological polar surface area (TPSA) is 67.2 Å². The molecule has 110 valence electrons. The van der Waals surface area contributed by atoms with Crippen molar-refractivity contribution in [2.24, 2.45) is 5.92 Å². The third kappa shape index (κ3) is 3.13. The second-order valence-electron chi connectivity index (χ2n) is 5.68. The van der Waals surface area contributed by atoms with E-state index in [2.05, 4.69) is 6.07 Å². The second kappa shape index (κ2) is 6.09. The van der Waals surface area contributed by atoms with Crippen molar-refractivity contribution < 1.29 is 14.3 Å². The summed E-state index contributed by atoms with van der Waals surface area (Å²) in [5.41, 5.74) is 2.17. The zero-order valence-corrected chi connectivity index (χ0v) is 12.6. The van der Waals surface area contributed by atoms with E-state index in [1.54, 1.807) is 12.1 Å². The molecule has 0 amide bonds. The van der Waals surface area contributed by atoms with Crippen LogP contribution in [0, 0.1) is 31.1 Å². The molecule has 4 nitrogen and oxygen atoms in total. The van der Waals surface area contributed by atoms with Gasteiger partial charge in [0.15, 0.2) is 11.6 Å². The maximum Gasteiger partial charge on any atom is 0.214 e. The van der Waals surface area contributed by atoms with Crippen LogP contribution in [0.4, 0.5) is 0 Å². The number of carbonyl (C=O) groups is 2. The van der Waals surface area contributed by atoms with Gasteiger partial charge in [-0.05, 0) is 56.9 Å². The fourth-order valence-electron chi connectivity index (χ4n) is 2.55. The van der Waals surface area contributed by atoms with E-state index in [9.17, 15) is 9.59 Å². The van der Waals surface area contributed by atoms with Crippen LogP contribution in [0.2, 0.25) is 0 Å². The van der Waals surface area contributed by atoms with E-state index in [0.29, 0.717) is 11.3 Å². The standard InChI is InChI=1S/C17H19NO3/c1-10-7-14(8-11(2)15(10)9-18)21-17(12(3)19)16(20)13-5-4-6-13/h7-8,13,17H,4-6H2,1-3H3. The Bertz CT molecular complexity index is 600. The maximum atomic E-state index is 12.3.